The number of esters is 1. The molecule has 0 spiro atoms. The van der Waals surface area contributed by atoms with Crippen LogP contribution in [-0.2, 0) is 9.53 Å². The third kappa shape index (κ3) is 4.39. The molecule has 0 saturated carbocycles. The topological polar surface area (TPSA) is 67.2 Å². The Morgan fingerprint density at radius 2 is 1.61 bits per heavy atom. The molecular formula is C19H15NO3. The van der Waals surface area contributed by atoms with Gasteiger partial charge in [-0.1, -0.05) is 60.7 Å². The van der Waals surface area contributed by atoms with Crippen molar-refractivity contribution in [2.75, 3.05) is 0 Å². The minimum absolute atomic E-state index is 0.149. The maximum atomic E-state index is 12.2. The molecule has 1 atom stereocenters. The van der Waals surface area contributed by atoms with E-state index in [1.807, 2.05) is 12.1 Å². The van der Waals surface area contributed by atoms with E-state index in [1.54, 1.807) is 54.6 Å². The van der Waals surface area contributed by atoms with Crippen molar-refractivity contribution in [2.24, 2.45) is 0 Å². The summed E-state index contributed by atoms with van der Waals surface area (Å²) in [4.78, 5) is 24.2. The number of ether oxygens (including phenoxy) is 1. The second-order valence-corrected chi connectivity index (χ2v) is 4.86. The van der Waals surface area contributed by atoms with E-state index in [-0.39, 0.29) is 11.4 Å². The second kappa shape index (κ2) is 7.71. The van der Waals surface area contributed by atoms with Gasteiger partial charge < -0.3 is 4.74 Å². The minimum Gasteiger partial charge on any atom is -0.450 e. The molecule has 0 radical (unpaired) electrons. The third-order valence-corrected chi connectivity index (χ3v) is 3.16. The Labute approximate surface area is 134 Å². The summed E-state index contributed by atoms with van der Waals surface area (Å²) in [6, 6.07) is 19.3. The molecule has 0 fully saturated rings. The van der Waals surface area contributed by atoms with E-state index >= 15 is 0 Å². The first-order chi connectivity index (χ1) is 11.1. The number of ketones is 1. The molecule has 0 unspecified atom stereocenters. The second-order valence-electron chi connectivity index (χ2n) is 4.86. The summed E-state index contributed by atoms with van der Waals surface area (Å²) in [5.41, 5.74) is 1.02. The summed E-state index contributed by atoms with van der Waals surface area (Å²) in [7, 11) is 0. The molecular weight excluding hydrogens is 290 g/mol. The van der Waals surface area contributed by atoms with Crippen molar-refractivity contribution in [1.29, 1.82) is 5.26 Å². The Bertz CT molecular complexity index is 758. The number of carbonyl (C=O) groups is 2. The van der Waals surface area contributed by atoms with E-state index in [1.165, 1.54) is 13.0 Å². The smallest absolute Gasteiger partial charge is 0.349 e. The lowest BCUT2D eigenvalue weighted by Gasteiger charge is -2.11. The van der Waals surface area contributed by atoms with Crippen molar-refractivity contribution in [2.45, 2.75) is 13.0 Å². The zero-order chi connectivity index (χ0) is 16.7. The number of benzene rings is 2. The van der Waals surface area contributed by atoms with Crippen LogP contribution in [0.4, 0.5) is 0 Å². The largest absolute Gasteiger partial charge is 0.450 e. The molecule has 4 heteroatoms. The van der Waals surface area contributed by atoms with Crippen molar-refractivity contribution in [1.82, 2.24) is 0 Å². The molecule has 2 rings (SSSR count). The first kappa shape index (κ1) is 16.2. The highest BCUT2D eigenvalue weighted by atomic mass is 16.5. The van der Waals surface area contributed by atoms with Crippen LogP contribution in [-0.4, -0.2) is 17.9 Å². The molecule has 0 aromatic heterocycles. The van der Waals surface area contributed by atoms with E-state index in [9.17, 15) is 9.59 Å². The first-order valence-electron chi connectivity index (χ1n) is 7.09. The summed E-state index contributed by atoms with van der Waals surface area (Å²) < 4.78 is 5.11. The standard InChI is InChI=1S/C19H15NO3/c1-14(18(21)16-10-6-3-7-11-16)23-19(22)17(13-20)12-15-8-4-2-5-9-15/h2-12,14H,1H3/b17-12+/t14-/m0/s1. The quantitative estimate of drug-likeness (QED) is 0.367. The van der Waals surface area contributed by atoms with Gasteiger partial charge >= 0.3 is 5.97 Å². The lowest BCUT2D eigenvalue weighted by atomic mass is 10.1. The number of hydrogen-bond donors (Lipinski definition) is 0. The fourth-order valence-corrected chi connectivity index (χ4v) is 1.97. The molecule has 0 aliphatic heterocycles. The van der Waals surface area contributed by atoms with Crippen LogP contribution < -0.4 is 0 Å². The van der Waals surface area contributed by atoms with Crippen molar-refractivity contribution in [3.63, 3.8) is 0 Å². The summed E-state index contributed by atoms with van der Waals surface area (Å²) in [5.74, 6) is -1.12. The predicted octanol–water partition coefficient (Wildman–Crippen LogP) is 3.41. The van der Waals surface area contributed by atoms with Crippen LogP contribution in [0, 0.1) is 11.3 Å². The number of Topliss-reactive ketones (excluding diaryl/α,β-unsaturated/α-hetero) is 1. The Morgan fingerprint density at radius 1 is 1.04 bits per heavy atom. The van der Waals surface area contributed by atoms with Gasteiger partial charge in [-0.3, -0.25) is 4.79 Å². The van der Waals surface area contributed by atoms with E-state index in [4.69, 9.17) is 10.00 Å². The molecule has 2 aromatic carbocycles. The van der Waals surface area contributed by atoms with Gasteiger partial charge in [0.25, 0.3) is 0 Å². The van der Waals surface area contributed by atoms with Crippen LogP contribution in [0.1, 0.15) is 22.8 Å². The summed E-state index contributed by atoms with van der Waals surface area (Å²) >= 11 is 0. The van der Waals surface area contributed by atoms with Crippen molar-refractivity contribution >= 4 is 17.8 Å². The average molecular weight is 305 g/mol. The normalized spacial score (nSPS) is 12.1. The van der Waals surface area contributed by atoms with E-state index < -0.39 is 12.1 Å². The molecule has 114 valence electrons. The van der Waals surface area contributed by atoms with E-state index in [0.29, 0.717) is 11.1 Å². The highest BCUT2D eigenvalue weighted by Crippen LogP contribution is 2.11. The Hall–Kier alpha value is -3.19. The molecule has 4 nitrogen and oxygen atoms in total. The zero-order valence-corrected chi connectivity index (χ0v) is 12.6. The molecule has 0 saturated heterocycles. The van der Waals surface area contributed by atoms with Crippen LogP contribution in [0.3, 0.4) is 0 Å². The minimum atomic E-state index is -0.961. The summed E-state index contributed by atoms with van der Waals surface area (Å²) in [6.07, 6.45) is 0.472. The van der Waals surface area contributed by atoms with Crippen LogP contribution in [0.2, 0.25) is 0 Å². The molecule has 2 aromatic rings. The fourth-order valence-electron chi connectivity index (χ4n) is 1.97. The van der Waals surface area contributed by atoms with E-state index in [2.05, 4.69) is 0 Å². The van der Waals surface area contributed by atoms with Gasteiger partial charge in [-0.2, -0.15) is 5.26 Å². The molecule has 0 N–H and O–H groups in total. The molecule has 23 heavy (non-hydrogen) atoms. The van der Waals surface area contributed by atoms with Crippen molar-refractivity contribution in [3.05, 3.63) is 77.4 Å². The maximum Gasteiger partial charge on any atom is 0.349 e. The van der Waals surface area contributed by atoms with Crippen molar-refractivity contribution in [3.8, 4) is 6.07 Å². The Morgan fingerprint density at radius 3 is 2.17 bits per heavy atom. The Balaban J connectivity index is 2.09. The van der Waals surface area contributed by atoms with E-state index in [0.717, 1.165) is 0 Å². The van der Waals surface area contributed by atoms with Gasteiger partial charge in [-0.15, -0.1) is 0 Å². The van der Waals surface area contributed by atoms with Gasteiger partial charge in [0.15, 0.2) is 6.10 Å². The number of nitrogens with zero attached hydrogens (tertiary/aromatic N) is 1. The van der Waals surface area contributed by atoms with Gasteiger partial charge in [0.05, 0.1) is 0 Å². The van der Waals surface area contributed by atoms with Crippen LogP contribution in [0.25, 0.3) is 6.08 Å². The van der Waals surface area contributed by atoms with Crippen LogP contribution >= 0.6 is 0 Å². The first-order valence-corrected chi connectivity index (χ1v) is 7.09. The highest BCUT2D eigenvalue weighted by Gasteiger charge is 2.21. The van der Waals surface area contributed by atoms with Gasteiger partial charge in [0.2, 0.25) is 5.78 Å². The average Bonchev–Trinajstić information content (AvgIpc) is 2.60. The van der Waals surface area contributed by atoms with Crippen LogP contribution in [0.5, 0.6) is 0 Å². The molecule has 0 heterocycles. The highest BCUT2D eigenvalue weighted by molar-refractivity contribution is 6.03. The number of nitriles is 1. The predicted molar refractivity (Wildman–Crippen MR) is 86.4 cm³/mol. The molecule has 0 bridgehead atoms. The molecule has 0 aliphatic carbocycles. The molecule has 0 aliphatic rings. The number of rotatable bonds is 5. The molecule has 0 amide bonds. The number of hydrogen-bond acceptors (Lipinski definition) is 4. The Kier molecular flexibility index (Phi) is 5.43. The zero-order valence-electron chi connectivity index (χ0n) is 12.6. The van der Waals surface area contributed by atoms with Crippen LogP contribution in [0.15, 0.2) is 66.2 Å². The number of carbonyl (C=O) groups excluding carboxylic acids is 2. The SMILES string of the molecule is C[C@H](OC(=O)/C(C#N)=C/c1ccccc1)C(=O)c1ccccc1. The van der Waals surface area contributed by atoms with Crippen molar-refractivity contribution < 1.29 is 14.3 Å². The summed E-state index contributed by atoms with van der Waals surface area (Å²) in [5, 5.41) is 9.12. The van der Waals surface area contributed by atoms with Gasteiger partial charge in [-0.25, -0.2) is 4.79 Å². The maximum absolute atomic E-state index is 12.2. The fraction of sp³-hybridized carbons (Fsp3) is 0.105. The monoisotopic (exact) mass is 305 g/mol. The van der Waals surface area contributed by atoms with Gasteiger partial charge in [-0.05, 0) is 18.6 Å². The lowest BCUT2D eigenvalue weighted by molar-refractivity contribution is -0.141. The van der Waals surface area contributed by atoms with Gasteiger partial charge in [0.1, 0.15) is 11.6 Å². The third-order valence-electron chi connectivity index (χ3n) is 3.16. The summed E-state index contributed by atoms with van der Waals surface area (Å²) in [6.45, 7) is 1.49. The lowest BCUT2D eigenvalue weighted by Crippen LogP contribution is -2.25. The van der Waals surface area contributed by atoms with Gasteiger partial charge in [0, 0.05) is 5.56 Å².